The molecule has 0 aromatic heterocycles. The molecule has 88 valence electrons. The minimum Gasteiger partial charge on any atom is -0.342 e. The summed E-state index contributed by atoms with van der Waals surface area (Å²) in [5, 5.41) is 0. The van der Waals surface area contributed by atoms with Crippen LogP contribution in [0.15, 0.2) is 0 Å². The molecule has 2 amide bonds. The minimum atomic E-state index is 0.0997. The molecule has 4 nitrogen and oxygen atoms in total. The zero-order valence-corrected chi connectivity index (χ0v) is 9.69. The molecule has 2 atom stereocenters. The summed E-state index contributed by atoms with van der Waals surface area (Å²) in [5.41, 5.74) is 0. The maximum Gasteiger partial charge on any atom is 0.227 e. The molecule has 2 aliphatic heterocycles. The zero-order valence-electron chi connectivity index (χ0n) is 9.69. The van der Waals surface area contributed by atoms with E-state index >= 15 is 0 Å². The van der Waals surface area contributed by atoms with E-state index in [4.69, 9.17) is 0 Å². The average molecular weight is 222 g/mol. The van der Waals surface area contributed by atoms with Gasteiger partial charge in [0, 0.05) is 39.0 Å². The van der Waals surface area contributed by atoms with Gasteiger partial charge in [-0.25, -0.2) is 0 Å². The lowest BCUT2D eigenvalue weighted by Crippen LogP contribution is -2.35. The zero-order chi connectivity index (χ0) is 11.3. The lowest BCUT2D eigenvalue weighted by Gasteiger charge is -2.20. The maximum atomic E-state index is 12.1. The van der Waals surface area contributed by atoms with E-state index in [2.05, 4.69) is 0 Å². The molecule has 0 spiro atoms. The van der Waals surface area contributed by atoms with E-state index < -0.39 is 0 Å². The van der Waals surface area contributed by atoms with Gasteiger partial charge in [0.1, 0.15) is 0 Å². The summed E-state index contributed by atoms with van der Waals surface area (Å²) in [7, 11) is 0. The first kappa shape index (κ1) is 10.1. The largest absolute Gasteiger partial charge is 0.342 e. The monoisotopic (exact) mass is 222 g/mol. The SMILES string of the molecule is CC(=O)N1C[C@@H]2CN(CC3CC3)C(=O)[C@@H]2C1. The predicted octanol–water partition coefficient (Wildman–Crippen LogP) is 0.333. The smallest absolute Gasteiger partial charge is 0.227 e. The number of carbonyl (C=O) groups is 2. The molecule has 0 unspecified atom stereocenters. The minimum absolute atomic E-state index is 0.0997. The molecule has 0 aromatic rings. The van der Waals surface area contributed by atoms with E-state index in [-0.39, 0.29) is 11.8 Å². The number of amides is 2. The summed E-state index contributed by atoms with van der Waals surface area (Å²) in [6.45, 7) is 4.87. The number of carbonyl (C=O) groups excluding carboxylic acids is 2. The first-order valence-electron chi connectivity index (χ1n) is 6.19. The second-order valence-corrected chi connectivity index (χ2v) is 5.48. The van der Waals surface area contributed by atoms with E-state index in [9.17, 15) is 9.59 Å². The van der Waals surface area contributed by atoms with Crippen molar-refractivity contribution in [2.45, 2.75) is 19.8 Å². The highest BCUT2D eigenvalue weighted by Gasteiger charge is 2.47. The maximum absolute atomic E-state index is 12.1. The van der Waals surface area contributed by atoms with E-state index in [0.29, 0.717) is 18.4 Å². The van der Waals surface area contributed by atoms with Gasteiger partial charge in [-0.1, -0.05) is 0 Å². The molecule has 0 bridgehead atoms. The summed E-state index contributed by atoms with van der Waals surface area (Å²) in [6.07, 6.45) is 2.58. The van der Waals surface area contributed by atoms with Gasteiger partial charge in [-0.2, -0.15) is 0 Å². The second-order valence-electron chi connectivity index (χ2n) is 5.48. The fraction of sp³-hybridized carbons (Fsp3) is 0.833. The molecule has 3 fully saturated rings. The number of likely N-dealkylation sites (tertiary alicyclic amines) is 2. The topological polar surface area (TPSA) is 40.6 Å². The predicted molar refractivity (Wildman–Crippen MR) is 58.5 cm³/mol. The highest BCUT2D eigenvalue weighted by Crippen LogP contribution is 2.36. The van der Waals surface area contributed by atoms with Crippen molar-refractivity contribution in [3.63, 3.8) is 0 Å². The van der Waals surface area contributed by atoms with Crippen LogP contribution in [0.25, 0.3) is 0 Å². The molecule has 0 aromatic carbocycles. The van der Waals surface area contributed by atoms with Gasteiger partial charge in [-0.3, -0.25) is 9.59 Å². The van der Waals surface area contributed by atoms with Crippen LogP contribution in [0, 0.1) is 17.8 Å². The molecule has 3 rings (SSSR count). The first-order valence-corrected chi connectivity index (χ1v) is 6.19. The van der Waals surface area contributed by atoms with Gasteiger partial charge in [0.2, 0.25) is 11.8 Å². The molecule has 16 heavy (non-hydrogen) atoms. The Morgan fingerprint density at radius 3 is 2.62 bits per heavy atom. The fourth-order valence-electron chi connectivity index (χ4n) is 2.98. The third-order valence-corrected chi connectivity index (χ3v) is 4.15. The Morgan fingerprint density at radius 2 is 2.06 bits per heavy atom. The summed E-state index contributed by atoms with van der Waals surface area (Å²) in [6, 6.07) is 0. The Kier molecular flexibility index (Phi) is 2.19. The number of rotatable bonds is 2. The molecule has 1 saturated carbocycles. The molecule has 0 N–H and O–H groups in total. The Morgan fingerprint density at radius 1 is 1.31 bits per heavy atom. The molecule has 1 aliphatic carbocycles. The van der Waals surface area contributed by atoms with Gasteiger partial charge in [0.15, 0.2) is 0 Å². The number of hydrogen-bond donors (Lipinski definition) is 0. The third-order valence-electron chi connectivity index (χ3n) is 4.15. The van der Waals surface area contributed by atoms with Crippen molar-refractivity contribution in [2.75, 3.05) is 26.2 Å². The fourth-order valence-corrected chi connectivity index (χ4v) is 2.98. The van der Waals surface area contributed by atoms with Crippen molar-refractivity contribution < 1.29 is 9.59 Å². The molecule has 0 radical (unpaired) electrons. The summed E-state index contributed by atoms with van der Waals surface area (Å²) in [5.74, 6) is 1.67. The average Bonchev–Trinajstić information content (AvgIpc) is 2.86. The van der Waals surface area contributed by atoms with Gasteiger partial charge in [0.05, 0.1) is 5.92 Å². The highest BCUT2D eigenvalue weighted by atomic mass is 16.2. The van der Waals surface area contributed by atoms with Crippen molar-refractivity contribution in [3.8, 4) is 0 Å². The van der Waals surface area contributed by atoms with Crippen molar-refractivity contribution in [1.29, 1.82) is 0 Å². The van der Waals surface area contributed by atoms with Crippen LogP contribution in [0.3, 0.4) is 0 Å². The van der Waals surface area contributed by atoms with Crippen LogP contribution in [0.4, 0.5) is 0 Å². The van der Waals surface area contributed by atoms with E-state index in [1.807, 2.05) is 9.80 Å². The van der Waals surface area contributed by atoms with Gasteiger partial charge in [-0.05, 0) is 18.8 Å². The lowest BCUT2D eigenvalue weighted by molar-refractivity contribution is -0.132. The Labute approximate surface area is 95.6 Å². The number of hydrogen-bond acceptors (Lipinski definition) is 2. The van der Waals surface area contributed by atoms with E-state index in [1.54, 1.807) is 6.92 Å². The van der Waals surface area contributed by atoms with Crippen LogP contribution in [0.2, 0.25) is 0 Å². The van der Waals surface area contributed by atoms with E-state index in [1.165, 1.54) is 12.8 Å². The van der Waals surface area contributed by atoms with Gasteiger partial charge >= 0.3 is 0 Å². The summed E-state index contributed by atoms with van der Waals surface area (Å²) >= 11 is 0. The Bertz CT molecular complexity index is 338. The standard InChI is InChI=1S/C12H18N2O2/c1-8(15)13-5-10-6-14(4-9-2-3-9)12(16)11(10)7-13/h9-11H,2-7H2,1H3/t10-,11-/m1/s1. The highest BCUT2D eigenvalue weighted by molar-refractivity contribution is 5.84. The van der Waals surface area contributed by atoms with Crippen LogP contribution in [-0.2, 0) is 9.59 Å². The van der Waals surface area contributed by atoms with Crippen LogP contribution in [-0.4, -0.2) is 47.8 Å². The molecular formula is C12H18N2O2. The van der Waals surface area contributed by atoms with Crippen molar-refractivity contribution >= 4 is 11.8 Å². The molecule has 2 heterocycles. The third kappa shape index (κ3) is 1.60. The van der Waals surface area contributed by atoms with Crippen LogP contribution >= 0.6 is 0 Å². The van der Waals surface area contributed by atoms with Gasteiger partial charge in [0.25, 0.3) is 0 Å². The van der Waals surface area contributed by atoms with Crippen LogP contribution in [0.5, 0.6) is 0 Å². The van der Waals surface area contributed by atoms with Gasteiger partial charge in [-0.15, -0.1) is 0 Å². The normalized spacial score (nSPS) is 33.4. The quantitative estimate of drug-likeness (QED) is 0.675. The van der Waals surface area contributed by atoms with Crippen molar-refractivity contribution in [2.24, 2.45) is 17.8 Å². The van der Waals surface area contributed by atoms with Crippen LogP contribution in [0.1, 0.15) is 19.8 Å². The number of nitrogens with zero attached hydrogens (tertiary/aromatic N) is 2. The Balaban J connectivity index is 1.64. The Hall–Kier alpha value is -1.06. The summed E-state index contributed by atoms with van der Waals surface area (Å²) < 4.78 is 0. The molecular weight excluding hydrogens is 204 g/mol. The lowest BCUT2D eigenvalue weighted by atomic mass is 10.0. The van der Waals surface area contributed by atoms with Crippen LogP contribution < -0.4 is 0 Å². The first-order chi connectivity index (χ1) is 7.65. The van der Waals surface area contributed by atoms with Crippen molar-refractivity contribution in [3.05, 3.63) is 0 Å². The van der Waals surface area contributed by atoms with Crippen molar-refractivity contribution in [1.82, 2.24) is 9.80 Å². The van der Waals surface area contributed by atoms with Gasteiger partial charge < -0.3 is 9.80 Å². The van der Waals surface area contributed by atoms with E-state index in [0.717, 1.165) is 25.6 Å². The number of fused-ring (bicyclic) bond motifs is 1. The molecule has 2 saturated heterocycles. The molecule has 4 heteroatoms. The summed E-state index contributed by atoms with van der Waals surface area (Å²) in [4.78, 5) is 27.2. The molecule has 3 aliphatic rings. The second kappa shape index (κ2) is 3.47.